The molecule has 3 heterocycles. The van der Waals surface area contributed by atoms with Crippen LogP contribution in [0.2, 0.25) is 0 Å². The van der Waals surface area contributed by atoms with Crippen molar-refractivity contribution in [3.63, 3.8) is 0 Å². The highest BCUT2D eigenvalue weighted by Crippen LogP contribution is 2.38. The number of benzene rings is 1. The second-order valence-corrected chi connectivity index (χ2v) is 8.43. The van der Waals surface area contributed by atoms with Crippen molar-refractivity contribution >= 4 is 26.8 Å². The van der Waals surface area contributed by atoms with Gasteiger partial charge in [-0.15, -0.1) is 0 Å². The number of hydrogen-bond donors (Lipinski definition) is 1. The summed E-state index contributed by atoms with van der Waals surface area (Å²) in [6.45, 7) is 2.06. The monoisotopic (exact) mass is 412 g/mol. The number of nitrogens with one attached hydrogen (secondary N) is 1. The molecule has 0 atom stereocenters. The van der Waals surface area contributed by atoms with Gasteiger partial charge in [-0.2, -0.15) is 4.98 Å². The summed E-state index contributed by atoms with van der Waals surface area (Å²) in [5, 5.41) is 3.32. The summed E-state index contributed by atoms with van der Waals surface area (Å²) in [6.07, 6.45) is 2.70. The van der Waals surface area contributed by atoms with Crippen LogP contribution in [0.5, 0.6) is 0 Å². The average Bonchev–Trinajstić information content (AvgIpc) is 3.03. The maximum absolute atomic E-state index is 13.4. The van der Waals surface area contributed by atoms with Gasteiger partial charge in [-0.05, 0) is 36.8 Å². The first-order valence-corrected chi connectivity index (χ1v) is 10.6. The summed E-state index contributed by atoms with van der Waals surface area (Å²) in [4.78, 5) is 12.6. The van der Waals surface area contributed by atoms with Gasteiger partial charge in [0.2, 0.25) is 15.6 Å². The third-order valence-electron chi connectivity index (χ3n) is 4.33. The van der Waals surface area contributed by atoms with E-state index in [1.165, 1.54) is 12.1 Å². The molecule has 29 heavy (non-hydrogen) atoms. The van der Waals surface area contributed by atoms with Crippen molar-refractivity contribution in [1.29, 1.82) is 0 Å². The summed E-state index contributed by atoms with van der Waals surface area (Å²) in [7, 11) is -3.66. The van der Waals surface area contributed by atoms with Crippen molar-refractivity contribution in [1.82, 2.24) is 15.0 Å². The highest BCUT2D eigenvalue weighted by Gasteiger charge is 2.23. The van der Waals surface area contributed by atoms with Gasteiger partial charge in [0.05, 0.1) is 17.6 Å². The Morgan fingerprint density at radius 1 is 1.10 bits per heavy atom. The Labute approximate surface area is 166 Å². The minimum atomic E-state index is -3.66. The van der Waals surface area contributed by atoms with Crippen LogP contribution >= 0.6 is 0 Å². The van der Waals surface area contributed by atoms with E-state index in [1.54, 1.807) is 31.3 Å². The van der Waals surface area contributed by atoms with Crippen LogP contribution in [0.3, 0.4) is 0 Å². The van der Waals surface area contributed by atoms with Crippen LogP contribution in [0.4, 0.5) is 10.2 Å². The van der Waals surface area contributed by atoms with Crippen LogP contribution in [0, 0.1) is 12.7 Å². The number of rotatable bonds is 5. The van der Waals surface area contributed by atoms with Gasteiger partial charge in [-0.1, -0.05) is 18.2 Å². The predicted molar refractivity (Wildman–Crippen MR) is 107 cm³/mol. The Morgan fingerprint density at radius 3 is 2.52 bits per heavy atom. The van der Waals surface area contributed by atoms with Crippen molar-refractivity contribution < 1.29 is 17.2 Å². The predicted octanol–water partition coefficient (Wildman–Crippen LogP) is 3.75. The molecule has 0 fully saturated rings. The second-order valence-electron chi connectivity index (χ2n) is 6.52. The summed E-state index contributed by atoms with van der Waals surface area (Å²) < 4.78 is 43.2. The Morgan fingerprint density at radius 2 is 1.86 bits per heavy atom. The van der Waals surface area contributed by atoms with E-state index in [2.05, 4.69) is 20.3 Å². The fourth-order valence-corrected chi connectivity index (χ4v) is 3.53. The zero-order valence-electron chi connectivity index (χ0n) is 15.7. The first-order chi connectivity index (χ1) is 13.8. The first-order valence-electron chi connectivity index (χ1n) is 8.74. The number of fused-ring (bicyclic) bond motifs is 1. The van der Waals surface area contributed by atoms with E-state index in [0.717, 1.165) is 11.9 Å². The van der Waals surface area contributed by atoms with Crippen molar-refractivity contribution in [2.75, 3.05) is 11.6 Å². The van der Waals surface area contributed by atoms with Crippen LogP contribution in [0.1, 0.15) is 11.5 Å². The lowest BCUT2D eigenvalue weighted by Crippen LogP contribution is -2.09. The smallest absolute Gasteiger partial charge is 0.252 e. The molecular formula is C20H17FN4O3S. The van der Waals surface area contributed by atoms with Gasteiger partial charge < -0.3 is 9.73 Å². The number of hydrogen-bond acceptors (Lipinski definition) is 7. The van der Waals surface area contributed by atoms with E-state index >= 15 is 0 Å². The van der Waals surface area contributed by atoms with Crippen LogP contribution in [-0.2, 0) is 16.4 Å². The molecule has 0 bridgehead atoms. The van der Waals surface area contributed by atoms with Gasteiger partial charge in [-0.25, -0.2) is 17.8 Å². The number of sulfone groups is 1. The minimum absolute atomic E-state index is 0.140. The van der Waals surface area contributed by atoms with Gasteiger partial charge in [0.25, 0.3) is 5.16 Å². The quantitative estimate of drug-likeness (QED) is 0.499. The lowest BCUT2D eigenvalue weighted by Gasteiger charge is -2.09. The number of aryl methyl sites for hydroxylation is 1. The number of anilines is 1. The number of aromatic nitrogens is 3. The number of furan rings is 1. The molecule has 148 valence electrons. The van der Waals surface area contributed by atoms with Crippen LogP contribution in [-0.4, -0.2) is 29.6 Å². The van der Waals surface area contributed by atoms with Crippen molar-refractivity contribution in [2.45, 2.75) is 18.6 Å². The van der Waals surface area contributed by atoms with Crippen molar-refractivity contribution in [2.24, 2.45) is 0 Å². The first kappa shape index (κ1) is 19.0. The highest BCUT2D eigenvalue weighted by atomic mass is 32.2. The van der Waals surface area contributed by atoms with Gasteiger partial charge in [-0.3, -0.25) is 4.98 Å². The molecule has 0 amide bonds. The summed E-state index contributed by atoms with van der Waals surface area (Å²) >= 11 is 0. The molecule has 0 radical (unpaired) electrons. The maximum Gasteiger partial charge on any atom is 0.252 e. The van der Waals surface area contributed by atoms with Crippen molar-refractivity contribution in [3.8, 4) is 11.1 Å². The van der Waals surface area contributed by atoms with E-state index in [4.69, 9.17) is 4.42 Å². The Kier molecular flexibility index (Phi) is 4.75. The lowest BCUT2D eigenvalue weighted by atomic mass is 10.0. The van der Waals surface area contributed by atoms with E-state index in [1.807, 2.05) is 12.1 Å². The third-order valence-corrected chi connectivity index (χ3v) is 5.18. The lowest BCUT2D eigenvalue weighted by molar-refractivity contribution is 0.558. The van der Waals surface area contributed by atoms with E-state index in [0.29, 0.717) is 34.6 Å². The SMILES string of the molecule is Cc1oc2nc(S(C)(=O)=O)nc(NCc3ccccn3)c2c1-c1ccc(F)cc1. The molecule has 7 nitrogen and oxygen atoms in total. The van der Waals surface area contributed by atoms with Crippen LogP contribution < -0.4 is 5.32 Å². The number of halogens is 1. The Balaban J connectivity index is 1.90. The van der Waals surface area contributed by atoms with Gasteiger partial charge in [0.1, 0.15) is 17.4 Å². The Bertz CT molecular complexity index is 1290. The molecular weight excluding hydrogens is 395 g/mol. The van der Waals surface area contributed by atoms with Crippen molar-refractivity contribution in [3.05, 3.63) is 65.9 Å². The zero-order valence-corrected chi connectivity index (χ0v) is 16.5. The zero-order chi connectivity index (χ0) is 20.6. The normalized spacial score (nSPS) is 11.7. The van der Waals surface area contributed by atoms with Crippen LogP contribution in [0.25, 0.3) is 22.2 Å². The minimum Gasteiger partial charge on any atom is -0.442 e. The summed E-state index contributed by atoms with van der Waals surface area (Å²) in [5.74, 6) is 0.466. The molecule has 0 unspecified atom stereocenters. The highest BCUT2D eigenvalue weighted by molar-refractivity contribution is 7.90. The average molecular weight is 412 g/mol. The molecule has 0 aliphatic heterocycles. The third kappa shape index (κ3) is 3.81. The molecule has 0 spiro atoms. The number of pyridine rings is 1. The van der Waals surface area contributed by atoms with Gasteiger partial charge in [0.15, 0.2) is 0 Å². The van der Waals surface area contributed by atoms with E-state index in [9.17, 15) is 12.8 Å². The van der Waals surface area contributed by atoms with E-state index in [-0.39, 0.29) is 16.7 Å². The maximum atomic E-state index is 13.4. The number of nitrogens with zero attached hydrogens (tertiary/aromatic N) is 3. The molecule has 1 N–H and O–H groups in total. The molecule has 1 aromatic carbocycles. The molecule has 0 aliphatic rings. The summed E-state index contributed by atoms with van der Waals surface area (Å²) in [6, 6.07) is 11.4. The second kappa shape index (κ2) is 7.25. The molecule has 3 aromatic heterocycles. The molecule has 4 aromatic rings. The molecule has 0 aliphatic carbocycles. The fraction of sp³-hybridized carbons (Fsp3) is 0.150. The summed E-state index contributed by atoms with van der Waals surface area (Å²) in [5.41, 5.74) is 2.27. The van der Waals surface area contributed by atoms with Crippen LogP contribution in [0.15, 0.2) is 58.2 Å². The Hall–Kier alpha value is -3.33. The largest absolute Gasteiger partial charge is 0.442 e. The molecule has 4 rings (SSSR count). The fourth-order valence-electron chi connectivity index (χ4n) is 3.03. The molecule has 0 saturated carbocycles. The van der Waals surface area contributed by atoms with E-state index < -0.39 is 9.84 Å². The molecule has 0 saturated heterocycles. The molecule has 9 heteroatoms. The van der Waals surface area contributed by atoms with Gasteiger partial charge in [0, 0.05) is 18.0 Å². The standard InChI is InChI=1S/C20H17FN4O3S/c1-12-16(13-6-8-14(21)9-7-13)17-18(23-11-15-5-3-4-10-22-15)24-20(29(2,26)27)25-19(17)28-12/h3-10H,11H2,1-2H3,(H,23,24,25). The topological polar surface area (TPSA) is 98.0 Å². The van der Waals surface area contributed by atoms with Gasteiger partial charge >= 0.3 is 0 Å².